The highest BCUT2D eigenvalue weighted by atomic mass is 19.4. The van der Waals surface area contributed by atoms with Crippen LogP contribution in [0, 0.1) is 5.92 Å². The van der Waals surface area contributed by atoms with Crippen LogP contribution >= 0.6 is 0 Å². The second-order valence-electron chi connectivity index (χ2n) is 7.80. The molecule has 5 nitrogen and oxygen atoms in total. The third-order valence-electron chi connectivity index (χ3n) is 4.54. The van der Waals surface area contributed by atoms with Crippen LogP contribution in [0.1, 0.15) is 44.4 Å². The fourth-order valence-electron chi connectivity index (χ4n) is 3.60. The molecule has 1 fully saturated rings. The number of halogens is 3. The smallest absolute Gasteiger partial charge is 0.416 e. The van der Waals surface area contributed by atoms with Crippen molar-refractivity contribution in [1.29, 1.82) is 0 Å². The van der Waals surface area contributed by atoms with Gasteiger partial charge in [-0.15, -0.1) is 0 Å². The van der Waals surface area contributed by atoms with Crippen LogP contribution in [0.2, 0.25) is 0 Å². The van der Waals surface area contributed by atoms with Gasteiger partial charge in [-0.2, -0.15) is 13.2 Å². The van der Waals surface area contributed by atoms with Gasteiger partial charge in [-0.3, -0.25) is 4.79 Å². The monoisotopic (exact) mass is 358 g/mol. The number of fused-ring (bicyclic) bond motifs is 4. The van der Waals surface area contributed by atoms with Gasteiger partial charge in [-0.25, -0.2) is 4.79 Å². The zero-order chi connectivity index (χ0) is 18.6. The van der Waals surface area contributed by atoms with E-state index >= 15 is 0 Å². The van der Waals surface area contributed by atoms with Crippen LogP contribution in [0.4, 0.5) is 18.0 Å². The maximum Gasteiger partial charge on any atom is 0.416 e. The zero-order valence-corrected chi connectivity index (χ0v) is 14.4. The normalized spacial score (nSPS) is 23.2. The lowest BCUT2D eigenvalue weighted by molar-refractivity contribution is -0.137. The van der Waals surface area contributed by atoms with E-state index < -0.39 is 29.0 Å². The molecule has 3 heterocycles. The van der Waals surface area contributed by atoms with E-state index in [1.165, 1.54) is 4.57 Å². The summed E-state index contributed by atoms with van der Waals surface area (Å²) in [7, 11) is 0. The van der Waals surface area contributed by atoms with Crippen LogP contribution in [0.15, 0.2) is 16.9 Å². The third-order valence-corrected chi connectivity index (χ3v) is 4.54. The van der Waals surface area contributed by atoms with Gasteiger partial charge in [0.15, 0.2) is 0 Å². The van der Waals surface area contributed by atoms with Crippen molar-refractivity contribution in [3.05, 3.63) is 33.7 Å². The molecule has 0 aromatic carbocycles. The lowest BCUT2D eigenvalue weighted by atomic mass is 9.83. The number of likely N-dealkylation sites (tertiary alicyclic amines) is 1. The molecule has 25 heavy (non-hydrogen) atoms. The summed E-state index contributed by atoms with van der Waals surface area (Å²) in [4.78, 5) is 26.0. The number of aromatic nitrogens is 1. The van der Waals surface area contributed by atoms with Gasteiger partial charge < -0.3 is 14.2 Å². The Kier molecular flexibility index (Phi) is 4.12. The number of rotatable bonds is 0. The second kappa shape index (κ2) is 5.78. The highest BCUT2D eigenvalue weighted by Crippen LogP contribution is 2.38. The first-order valence-electron chi connectivity index (χ1n) is 8.24. The van der Waals surface area contributed by atoms with Crippen molar-refractivity contribution in [3.63, 3.8) is 0 Å². The summed E-state index contributed by atoms with van der Waals surface area (Å²) < 4.78 is 45.8. The minimum atomic E-state index is -4.56. The van der Waals surface area contributed by atoms with Crippen LogP contribution in [-0.2, 0) is 17.5 Å². The number of hydrogen-bond acceptors (Lipinski definition) is 3. The summed E-state index contributed by atoms with van der Waals surface area (Å²) >= 11 is 0. The molecule has 0 N–H and O–H groups in total. The predicted octanol–water partition coefficient (Wildman–Crippen LogP) is 3.22. The summed E-state index contributed by atoms with van der Waals surface area (Å²) in [5.74, 6) is -0.261. The Bertz CT molecular complexity index is 749. The summed E-state index contributed by atoms with van der Waals surface area (Å²) in [6.45, 7) is 6.31. The molecule has 0 spiro atoms. The van der Waals surface area contributed by atoms with Crippen LogP contribution in [-0.4, -0.2) is 34.3 Å². The van der Waals surface area contributed by atoms with Gasteiger partial charge >= 0.3 is 12.3 Å². The van der Waals surface area contributed by atoms with Gasteiger partial charge in [0.1, 0.15) is 5.60 Å². The Morgan fingerprint density at radius 1 is 1.16 bits per heavy atom. The molecule has 2 aliphatic rings. The maximum atomic E-state index is 13.0. The minimum absolute atomic E-state index is 0.0354. The van der Waals surface area contributed by atoms with Gasteiger partial charge in [-0.05, 0) is 39.2 Å². The predicted molar refractivity (Wildman–Crippen MR) is 84.4 cm³/mol. The maximum absolute atomic E-state index is 13.0. The summed E-state index contributed by atoms with van der Waals surface area (Å²) in [5.41, 5.74) is -1.85. The number of carbonyl (C=O) groups is 1. The van der Waals surface area contributed by atoms with Crippen molar-refractivity contribution in [1.82, 2.24) is 9.47 Å². The van der Waals surface area contributed by atoms with Crippen molar-refractivity contribution in [2.24, 2.45) is 5.92 Å². The van der Waals surface area contributed by atoms with Crippen LogP contribution in [0.25, 0.3) is 0 Å². The Balaban J connectivity index is 1.90. The largest absolute Gasteiger partial charge is 0.444 e. The van der Waals surface area contributed by atoms with Crippen molar-refractivity contribution in [3.8, 4) is 0 Å². The Morgan fingerprint density at radius 3 is 2.44 bits per heavy atom. The van der Waals surface area contributed by atoms with E-state index in [1.807, 2.05) is 0 Å². The van der Waals surface area contributed by atoms with Gasteiger partial charge in [0, 0.05) is 37.3 Å². The fourth-order valence-corrected chi connectivity index (χ4v) is 3.60. The lowest BCUT2D eigenvalue weighted by Gasteiger charge is -2.43. The quantitative estimate of drug-likeness (QED) is 0.716. The van der Waals surface area contributed by atoms with E-state index in [2.05, 4.69) is 0 Å². The topological polar surface area (TPSA) is 51.5 Å². The average Bonchev–Trinajstić information content (AvgIpc) is 2.45. The molecule has 1 saturated heterocycles. The van der Waals surface area contributed by atoms with Crippen LogP contribution < -0.4 is 5.56 Å². The minimum Gasteiger partial charge on any atom is -0.444 e. The van der Waals surface area contributed by atoms with E-state index in [9.17, 15) is 22.8 Å². The molecule has 1 aromatic rings. The van der Waals surface area contributed by atoms with Crippen molar-refractivity contribution >= 4 is 6.09 Å². The van der Waals surface area contributed by atoms with E-state index in [4.69, 9.17) is 4.74 Å². The van der Waals surface area contributed by atoms with Crippen molar-refractivity contribution in [2.45, 2.75) is 51.4 Å². The van der Waals surface area contributed by atoms with Crippen molar-refractivity contribution < 1.29 is 22.7 Å². The highest BCUT2D eigenvalue weighted by molar-refractivity contribution is 5.68. The molecule has 0 radical (unpaired) electrons. The van der Waals surface area contributed by atoms with Crippen LogP contribution in [0.3, 0.4) is 0 Å². The summed E-state index contributed by atoms with van der Waals surface area (Å²) in [6.07, 6.45) is -4.37. The molecule has 1 amide bonds. The molecule has 2 bridgehead atoms. The van der Waals surface area contributed by atoms with Gasteiger partial charge in [-0.1, -0.05) is 0 Å². The average molecular weight is 358 g/mol. The fraction of sp³-hybridized carbons (Fsp3) is 0.647. The number of amides is 1. The number of ether oxygens (including phenoxy) is 1. The Morgan fingerprint density at radius 2 is 1.84 bits per heavy atom. The number of carbonyl (C=O) groups excluding carboxylic acids is 1. The first-order valence-corrected chi connectivity index (χ1v) is 8.24. The number of hydrogen-bond donors (Lipinski definition) is 0. The van der Waals surface area contributed by atoms with Gasteiger partial charge in [0.05, 0.1) is 5.56 Å². The number of pyridine rings is 1. The molecule has 8 heteroatoms. The molecule has 0 saturated carbocycles. The van der Waals surface area contributed by atoms with Gasteiger partial charge in [0.25, 0.3) is 5.56 Å². The third kappa shape index (κ3) is 3.67. The molecule has 2 aliphatic heterocycles. The second-order valence-corrected chi connectivity index (χ2v) is 7.80. The van der Waals surface area contributed by atoms with E-state index in [1.54, 1.807) is 25.7 Å². The molecule has 1 aromatic heterocycles. The van der Waals surface area contributed by atoms with Crippen molar-refractivity contribution in [2.75, 3.05) is 13.1 Å². The number of piperidine rings is 1. The Labute approximate surface area is 143 Å². The summed E-state index contributed by atoms with van der Waals surface area (Å²) in [5, 5.41) is 0. The molecule has 138 valence electrons. The number of nitrogens with zero attached hydrogens (tertiary/aromatic N) is 2. The first-order chi connectivity index (χ1) is 11.4. The van der Waals surface area contributed by atoms with E-state index in [-0.39, 0.29) is 18.4 Å². The molecule has 2 atom stereocenters. The Hall–Kier alpha value is -1.99. The molecular formula is C17H21F3N2O3. The first kappa shape index (κ1) is 17.8. The zero-order valence-electron chi connectivity index (χ0n) is 14.4. The van der Waals surface area contributed by atoms with Crippen LogP contribution in [0.5, 0.6) is 0 Å². The standard InChI is InChI=1S/C17H21F3N2O3/c1-16(2,3)25-15(24)21-7-10-4-11(9-21)13-5-12(17(18,19)20)6-14(23)22(13)8-10/h5-6,10-11H,4,7-9H2,1-3H3. The van der Waals surface area contributed by atoms with Gasteiger partial charge in [0.2, 0.25) is 0 Å². The molecule has 3 rings (SSSR count). The molecule has 2 unspecified atom stereocenters. The highest BCUT2D eigenvalue weighted by Gasteiger charge is 2.40. The lowest BCUT2D eigenvalue weighted by Crippen LogP contribution is -2.50. The molecular weight excluding hydrogens is 337 g/mol. The van der Waals surface area contributed by atoms with E-state index in [0.717, 1.165) is 6.07 Å². The number of alkyl halides is 3. The SMILES string of the molecule is CC(C)(C)OC(=O)N1CC2CC(C1)c1cc(C(F)(F)F)cc(=O)n1C2. The van der Waals surface area contributed by atoms with E-state index in [0.29, 0.717) is 31.3 Å². The summed E-state index contributed by atoms with van der Waals surface area (Å²) in [6, 6.07) is 1.69. The molecule has 0 aliphatic carbocycles.